The van der Waals surface area contributed by atoms with Gasteiger partial charge in [-0.3, -0.25) is 15.1 Å². The molecule has 0 amide bonds. The Balaban J connectivity index is 1.96. The monoisotopic (exact) mass is 313 g/mol. The molecule has 2 aromatic rings. The van der Waals surface area contributed by atoms with Gasteiger partial charge in [-0.25, -0.2) is 0 Å². The lowest BCUT2D eigenvalue weighted by Gasteiger charge is -2.33. The van der Waals surface area contributed by atoms with Crippen LogP contribution >= 0.6 is 0 Å². The number of nitro benzene ring substituents is 1. The van der Waals surface area contributed by atoms with Crippen LogP contribution in [0.1, 0.15) is 24.1 Å². The number of aryl methyl sites for hydroxylation is 1. The predicted molar refractivity (Wildman–Crippen MR) is 88.1 cm³/mol. The van der Waals surface area contributed by atoms with Crippen LogP contribution in [-0.4, -0.2) is 36.2 Å². The van der Waals surface area contributed by atoms with Crippen molar-refractivity contribution < 1.29 is 9.66 Å². The van der Waals surface area contributed by atoms with E-state index in [1.165, 1.54) is 17.7 Å². The molecule has 6 nitrogen and oxygen atoms in total. The van der Waals surface area contributed by atoms with Gasteiger partial charge in [0.05, 0.1) is 29.3 Å². The zero-order chi connectivity index (χ0) is 15.8. The number of hydrogen-bond donors (Lipinski definition) is 0. The number of benzene rings is 1. The van der Waals surface area contributed by atoms with Crippen molar-refractivity contribution >= 4 is 22.3 Å². The smallest absolute Gasteiger partial charge is 0.270 e. The molecule has 23 heavy (non-hydrogen) atoms. The summed E-state index contributed by atoms with van der Waals surface area (Å²) in [5.74, 6) is 0. The first-order valence-electron chi connectivity index (χ1n) is 8.16. The number of nitro groups is 1. The lowest BCUT2D eigenvalue weighted by atomic mass is 9.92. The molecule has 4 rings (SSSR count). The number of anilines is 1. The average Bonchev–Trinajstić information content (AvgIpc) is 2.59. The van der Waals surface area contributed by atoms with Gasteiger partial charge < -0.3 is 9.64 Å². The Morgan fingerprint density at radius 3 is 2.74 bits per heavy atom. The van der Waals surface area contributed by atoms with Gasteiger partial charge in [0.25, 0.3) is 5.69 Å². The minimum Gasteiger partial charge on any atom is -0.378 e. The molecular weight excluding hydrogens is 294 g/mol. The van der Waals surface area contributed by atoms with Crippen LogP contribution in [-0.2, 0) is 17.6 Å². The second kappa shape index (κ2) is 5.77. The van der Waals surface area contributed by atoms with Crippen LogP contribution in [0.15, 0.2) is 18.2 Å². The van der Waals surface area contributed by atoms with Crippen molar-refractivity contribution in [3.8, 4) is 0 Å². The summed E-state index contributed by atoms with van der Waals surface area (Å²) in [5.41, 5.74) is 4.59. The third-order valence-electron chi connectivity index (χ3n) is 4.75. The number of rotatable bonds is 2. The minimum atomic E-state index is -0.331. The molecule has 0 saturated carbocycles. The normalized spacial score (nSPS) is 18.0. The van der Waals surface area contributed by atoms with E-state index in [9.17, 15) is 10.1 Å². The topological polar surface area (TPSA) is 68.5 Å². The Morgan fingerprint density at radius 2 is 1.96 bits per heavy atom. The van der Waals surface area contributed by atoms with Crippen molar-refractivity contribution in [2.24, 2.45) is 0 Å². The molecule has 6 heteroatoms. The second-order valence-corrected chi connectivity index (χ2v) is 6.15. The molecule has 1 aromatic heterocycles. The Bertz CT molecular complexity index is 769. The van der Waals surface area contributed by atoms with Crippen LogP contribution in [0.2, 0.25) is 0 Å². The third-order valence-corrected chi connectivity index (χ3v) is 4.75. The molecule has 1 aliphatic carbocycles. The molecule has 0 N–H and O–H groups in total. The van der Waals surface area contributed by atoms with E-state index in [1.807, 2.05) is 0 Å². The van der Waals surface area contributed by atoms with E-state index in [-0.39, 0.29) is 10.6 Å². The van der Waals surface area contributed by atoms with Gasteiger partial charge in [0.1, 0.15) is 0 Å². The summed E-state index contributed by atoms with van der Waals surface area (Å²) in [4.78, 5) is 18.0. The van der Waals surface area contributed by atoms with Gasteiger partial charge in [0.2, 0.25) is 0 Å². The molecule has 1 aromatic carbocycles. The SMILES string of the molecule is O=[N+]([O-])c1ccc2nc3c(c(N4CCOCC4)c2c1)CCCC3. The van der Waals surface area contributed by atoms with Gasteiger partial charge in [-0.1, -0.05) is 0 Å². The van der Waals surface area contributed by atoms with Gasteiger partial charge in [-0.15, -0.1) is 0 Å². The molecule has 0 spiro atoms. The van der Waals surface area contributed by atoms with Gasteiger partial charge in [-0.2, -0.15) is 0 Å². The summed E-state index contributed by atoms with van der Waals surface area (Å²) < 4.78 is 5.47. The van der Waals surface area contributed by atoms with Crippen molar-refractivity contribution in [2.75, 3.05) is 31.2 Å². The van der Waals surface area contributed by atoms with E-state index in [0.717, 1.165) is 48.9 Å². The standard InChI is InChI=1S/C17H19N3O3/c21-20(22)12-5-6-16-14(11-12)17(19-7-9-23-10-8-19)13-3-1-2-4-15(13)18-16/h5-6,11H,1-4,7-10H2. The molecule has 0 atom stereocenters. The molecule has 2 heterocycles. The first kappa shape index (κ1) is 14.4. The maximum atomic E-state index is 11.2. The Labute approximate surface area is 134 Å². The van der Waals surface area contributed by atoms with E-state index >= 15 is 0 Å². The first-order valence-corrected chi connectivity index (χ1v) is 8.16. The van der Waals surface area contributed by atoms with Crippen LogP contribution in [0.4, 0.5) is 11.4 Å². The predicted octanol–water partition coefficient (Wildman–Crippen LogP) is 2.86. The number of nitrogens with zero attached hydrogens (tertiary/aromatic N) is 3. The van der Waals surface area contributed by atoms with E-state index in [0.29, 0.717) is 13.2 Å². The highest BCUT2D eigenvalue weighted by Crippen LogP contribution is 2.37. The van der Waals surface area contributed by atoms with Crippen molar-refractivity contribution in [3.63, 3.8) is 0 Å². The number of morpholine rings is 1. The number of pyridine rings is 1. The third kappa shape index (κ3) is 2.53. The van der Waals surface area contributed by atoms with Gasteiger partial charge in [-0.05, 0) is 37.3 Å². The van der Waals surface area contributed by atoms with E-state index < -0.39 is 0 Å². The highest BCUT2D eigenvalue weighted by molar-refractivity contribution is 5.95. The van der Waals surface area contributed by atoms with Crippen LogP contribution in [0.3, 0.4) is 0 Å². The van der Waals surface area contributed by atoms with E-state index in [2.05, 4.69) is 4.90 Å². The van der Waals surface area contributed by atoms with Gasteiger partial charge >= 0.3 is 0 Å². The summed E-state index contributed by atoms with van der Waals surface area (Å²) in [6.45, 7) is 3.06. The van der Waals surface area contributed by atoms with Crippen molar-refractivity contribution in [2.45, 2.75) is 25.7 Å². The quantitative estimate of drug-likeness (QED) is 0.630. The fourth-order valence-corrected chi connectivity index (χ4v) is 3.65. The van der Waals surface area contributed by atoms with E-state index in [1.54, 1.807) is 18.2 Å². The average molecular weight is 313 g/mol. The zero-order valence-electron chi connectivity index (χ0n) is 13.0. The first-order chi connectivity index (χ1) is 11.2. The Morgan fingerprint density at radius 1 is 1.17 bits per heavy atom. The molecule has 0 unspecified atom stereocenters. The van der Waals surface area contributed by atoms with Crippen molar-refractivity contribution in [3.05, 3.63) is 39.6 Å². The lowest BCUT2D eigenvalue weighted by Crippen LogP contribution is -2.37. The molecule has 120 valence electrons. The minimum absolute atomic E-state index is 0.129. The number of fused-ring (bicyclic) bond motifs is 2. The van der Waals surface area contributed by atoms with Crippen molar-refractivity contribution in [1.82, 2.24) is 4.98 Å². The summed E-state index contributed by atoms with van der Waals surface area (Å²) in [7, 11) is 0. The summed E-state index contributed by atoms with van der Waals surface area (Å²) in [6, 6.07) is 5.02. The van der Waals surface area contributed by atoms with Gasteiger partial charge in [0, 0.05) is 36.3 Å². The number of aromatic nitrogens is 1. The van der Waals surface area contributed by atoms with Crippen LogP contribution in [0, 0.1) is 10.1 Å². The van der Waals surface area contributed by atoms with Crippen LogP contribution in [0.25, 0.3) is 10.9 Å². The van der Waals surface area contributed by atoms with Crippen molar-refractivity contribution in [1.29, 1.82) is 0 Å². The molecule has 1 saturated heterocycles. The molecule has 0 radical (unpaired) electrons. The number of hydrogen-bond acceptors (Lipinski definition) is 5. The van der Waals surface area contributed by atoms with Crippen LogP contribution in [0.5, 0.6) is 0 Å². The summed E-state index contributed by atoms with van der Waals surface area (Å²) in [6.07, 6.45) is 4.33. The fraction of sp³-hybridized carbons (Fsp3) is 0.471. The highest BCUT2D eigenvalue weighted by Gasteiger charge is 2.24. The van der Waals surface area contributed by atoms with E-state index in [4.69, 9.17) is 9.72 Å². The number of non-ortho nitro benzene ring substituents is 1. The number of ether oxygens (including phenoxy) is 1. The Hall–Kier alpha value is -2.21. The largest absolute Gasteiger partial charge is 0.378 e. The summed E-state index contributed by atoms with van der Waals surface area (Å²) >= 11 is 0. The lowest BCUT2D eigenvalue weighted by molar-refractivity contribution is -0.384. The second-order valence-electron chi connectivity index (χ2n) is 6.15. The van der Waals surface area contributed by atoms with Crippen LogP contribution < -0.4 is 4.90 Å². The molecule has 1 aliphatic heterocycles. The summed E-state index contributed by atoms with van der Waals surface area (Å²) in [5, 5.41) is 12.1. The fourth-order valence-electron chi connectivity index (χ4n) is 3.65. The zero-order valence-corrected chi connectivity index (χ0v) is 13.0. The maximum Gasteiger partial charge on any atom is 0.270 e. The highest BCUT2D eigenvalue weighted by atomic mass is 16.6. The van der Waals surface area contributed by atoms with Gasteiger partial charge in [0.15, 0.2) is 0 Å². The molecular formula is C17H19N3O3. The molecule has 0 bridgehead atoms. The Kier molecular flexibility index (Phi) is 3.61. The maximum absolute atomic E-state index is 11.2. The molecule has 1 fully saturated rings. The molecule has 2 aliphatic rings.